The minimum atomic E-state index is -0.500. The van der Waals surface area contributed by atoms with Gasteiger partial charge in [-0.2, -0.15) is 0 Å². The van der Waals surface area contributed by atoms with Gasteiger partial charge in [-0.05, 0) is 86.2 Å². The molecule has 0 amide bonds. The fourth-order valence-corrected chi connectivity index (χ4v) is 5.25. The van der Waals surface area contributed by atoms with Crippen LogP contribution in [0.4, 0.5) is 5.69 Å². The predicted molar refractivity (Wildman–Crippen MR) is 177 cm³/mol. The monoisotopic (exact) mass is 582 g/mol. The molecular weight excluding hydrogens is 536 g/mol. The summed E-state index contributed by atoms with van der Waals surface area (Å²) in [6.07, 6.45) is 3.02. The van der Waals surface area contributed by atoms with Gasteiger partial charge in [0.05, 0.1) is 18.4 Å². The van der Waals surface area contributed by atoms with Gasteiger partial charge >= 0.3 is 0 Å². The van der Waals surface area contributed by atoms with E-state index in [0.29, 0.717) is 6.42 Å². The number of carbonyl (C=O) groups is 1. The maximum atomic E-state index is 11.8. The number of benzene rings is 3. The van der Waals surface area contributed by atoms with E-state index >= 15 is 0 Å². The molecule has 6 heteroatoms. The number of methoxy groups -OCH3 is 1. The lowest BCUT2D eigenvalue weighted by molar-refractivity contribution is -0.107. The van der Waals surface area contributed by atoms with Crippen LogP contribution in [0.25, 0.3) is 22.3 Å². The highest BCUT2D eigenvalue weighted by Gasteiger charge is 2.27. The van der Waals surface area contributed by atoms with Gasteiger partial charge in [-0.15, -0.1) is 13.2 Å². The molecule has 1 N–H and O–H groups in total. The normalized spacial score (nSPS) is 11.8. The molecule has 0 bridgehead atoms. The van der Waals surface area contributed by atoms with Crippen LogP contribution >= 0.6 is 0 Å². The maximum Gasteiger partial charge on any atom is 0.136 e. The molecule has 1 aromatic heterocycles. The van der Waals surface area contributed by atoms with E-state index in [-0.39, 0.29) is 0 Å². The van der Waals surface area contributed by atoms with Crippen LogP contribution in [0.5, 0.6) is 5.75 Å². The first kappa shape index (κ1) is 33.3. The molecule has 228 valence electrons. The second-order valence-corrected chi connectivity index (χ2v) is 11.7. The zero-order valence-corrected chi connectivity index (χ0v) is 26.8. The number of aldehydes is 1. The lowest BCUT2D eigenvalue weighted by Crippen LogP contribution is -2.30. The van der Waals surface area contributed by atoms with Gasteiger partial charge in [0.15, 0.2) is 0 Å². The van der Waals surface area contributed by atoms with Gasteiger partial charge in [0.1, 0.15) is 17.8 Å². The first-order valence-electron chi connectivity index (χ1n) is 14.8. The summed E-state index contributed by atoms with van der Waals surface area (Å²) < 4.78 is 11.0. The Bertz CT molecular complexity index is 1510. The van der Waals surface area contributed by atoms with Crippen LogP contribution in [-0.4, -0.2) is 35.8 Å². The van der Waals surface area contributed by atoms with E-state index in [1.54, 1.807) is 27.9 Å². The summed E-state index contributed by atoms with van der Waals surface area (Å²) in [5.41, 5.74) is 11.0. The molecule has 6 nitrogen and oxygen atoms in total. The Morgan fingerprint density at radius 2 is 1.70 bits per heavy atom. The van der Waals surface area contributed by atoms with Crippen molar-refractivity contribution in [3.8, 4) is 28.0 Å². The standard InChI is InChI=1S/C31H32N2O3.C4H10O.C2H4/c1-5-25-17-24(32-36-25)12-14-33-19-23-16-26(35-4)10-11-28(23)30-18-29(22-8-6-20(2)7-9-22)27(13-15-34)21(3)31(30)33;1-4(2,3)5;1-2/h6-11,15-18H,5,12-14,19H2,1-4H3;5H,1-3H3;1-2H2. The minimum absolute atomic E-state index is 0.384. The highest BCUT2D eigenvalue weighted by Crippen LogP contribution is 2.46. The van der Waals surface area contributed by atoms with Gasteiger partial charge in [-0.25, -0.2) is 0 Å². The van der Waals surface area contributed by atoms with Crippen molar-refractivity contribution in [1.82, 2.24) is 5.16 Å². The van der Waals surface area contributed by atoms with Crippen LogP contribution in [-0.2, 0) is 30.6 Å². The third kappa shape index (κ3) is 8.45. The van der Waals surface area contributed by atoms with Crippen molar-refractivity contribution >= 4 is 12.0 Å². The second kappa shape index (κ2) is 14.8. The quantitative estimate of drug-likeness (QED) is 0.167. The number of nitrogens with zero attached hydrogens (tertiary/aromatic N) is 2. The molecule has 43 heavy (non-hydrogen) atoms. The Morgan fingerprint density at radius 1 is 1.02 bits per heavy atom. The summed E-state index contributed by atoms with van der Waals surface area (Å²) in [5.74, 6) is 1.76. The van der Waals surface area contributed by atoms with Gasteiger partial charge in [-0.1, -0.05) is 48.0 Å². The molecular formula is C37H46N2O4. The Hall–Kier alpha value is -4.16. The smallest absolute Gasteiger partial charge is 0.136 e. The lowest BCUT2D eigenvalue weighted by atomic mass is 9.84. The highest BCUT2D eigenvalue weighted by atomic mass is 16.5. The maximum absolute atomic E-state index is 11.8. The molecule has 1 aliphatic heterocycles. The molecule has 0 atom stereocenters. The van der Waals surface area contributed by atoms with Crippen LogP contribution in [0.3, 0.4) is 0 Å². The van der Waals surface area contributed by atoms with E-state index < -0.39 is 5.60 Å². The highest BCUT2D eigenvalue weighted by molar-refractivity contribution is 5.92. The Morgan fingerprint density at radius 3 is 2.28 bits per heavy atom. The van der Waals surface area contributed by atoms with Crippen LogP contribution < -0.4 is 9.64 Å². The molecule has 3 aromatic carbocycles. The summed E-state index contributed by atoms with van der Waals surface area (Å²) in [7, 11) is 1.71. The van der Waals surface area contributed by atoms with Crippen molar-refractivity contribution in [3.05, 3.63) is 101 Å². The Balaban J connectivity index is 0.000000657. The molecule has 0 aliphatic carbocycles. The van der Waals surface area contributed by atoms with Crippen LogP contribution in [0.1, 0.15) is 61.4 Å². The average molecular weight is 583 g/mol. The van der Waals surface area contributed by atoms with E-state index in [0.717, 1.165) is 71.7 Å². The molecule has 0 fully saturated rings. The summed E-state index contributed by atoms with van der Waals surface area (Å²) in [6.45, 7) is 19.1. The number of aliphatic hydroxyl groups is 1. The van der Waals surface area contributed by atoms with Crippen molar-refractivity contribution in [3.63, 3.8) is 0 Å². The summed E-state index contributed by atoms with van der Waals surface area (Å²) in [6, 6.07) is 19.2. The first-order valence-corrected chi connectivity index (χ1v) is 14.8. The van der Waals surface area contributed by atoms with Gasteiger partial charge in [-0.3, -0.25) is 0 Å². The van der Waals surface area contributed by atoms with Gasteiger partial charge in [0, 0.05) is 49.7 Å². The lowest BCUT2D eigenvalue weighted by Gasteiger charge is -2.36. The third-order valence-electron chi connectivity index (χ3n) is 7.20. The van der Waals surface area contributed by atoms with Crippen molar-refractivity contribution in [2.75, 3.05) is 18.6 Å². The number of fused-ring (bicyclic) bond motifs is 3. The number of hydrogen-bond acceptors (Lipinski definition) is 6. The minimum Gasteiger partial charge on any atom is -0.497 e. The number of rotatable bonds is 8. The SMILES string of the molecule is C=C.CC(C)(C)O.CCc1cc(CCN2Cc3cc(OC)ccc3-c3cc(-c4ccc(C)cc4)c(CC=O)c(C)c32)no1. The molecule has 2 heterocycles. The van der Waals surface area contributed by atoms with Gasteiger partial charge in [0.25, 0.3) is 0 Å². The number of aromatic nitrogens is 1. The molecule has 0 spiro atoms. The summed E-state index contributed by atoms with van der Waals surface area (Å²) in [4.78, 5) is 14.2. The number of aryl methyl sites for hydroxylation is 2. The fraction of sp³-hybridized carbons (Fsp3) is 0.351. The second-order valence-electron chi connectivity index (χ2n) is 11.7. The average Bonchev–Trinajstić information content (AvgIpc) is 3.45. The summed E-state index contributed by atoms with van der Waals surface area (Å²) >= 11 is 0. The fourth-order valence-electron chi connectivity index (χ4n) is 5.25. The number of anilines is 1. The molecule has 0 saturated carbocycles. The Labute approximate surface area is 257 Å². The number of carbonyl (C=O) groups excluding carboxylic acids is 1. The molecule has 1 aliphatic rings. The molecule has 0 radical (unpaired) electrons. The molecule has 0 saturated heterocycles. The first-order chi connectivity index (χ1) is 20.5. The molecule has 5 rings (SSSR count). The van der Waals surface area contributed by atoms with Crippen LogP contribution in [0.15, 0.2) is 72.3 Å². The Kier molecular flexibility index (Phi) is 11.5. The largest absolute Gasteiger partial charge is 0.497 e. The zero-order chi connectivity index (χ0) is 31.7. The van der Waals surface area contributed by atoms with E-state index in [1.807, 2.05) is 12.1 Å². The van der Waals surface area contributed by atoms with E-state index in [1.165, 1.54) is 27.9 Å². The summed E-state index contributed by atoms with van der Waals surface area (Å²) in [5, 5.41) is 12.8. The van der Waals surface area contributed by atoms with Gasteiger partial charge < -0.3 is 24.1 Å². The van der Waals surface area contributed by atoms with E-state index in [4.69, 9.17) is 14.4 Å². The van der Waals surface area contributed by atoms with E-state index in [2.05, 4.69) is 86.5 Å². The number of ether oxygens (including phenoxy) is 1. The van der Waals surface area contributed by atoms with Crippen LogP contribution in [0.2, 0.25) is 0 Å². The third-order valence-corrected chi connectivity index (χ3v) is 7.20. The predicted octanol–water partition coefficient (Wildman–Crippen LogP) is 8.08. The molecule has 0 unspecified atom stereocenters. The topological polar surface area (TPSA) is 75.8 Å². The van der Waals surface area contributed by atoms with Gasteiger partial charge in [0.2, 0.25) is 0 Å². The zero-order valence-electron chi connectivity index (χ0n) is 26.8. The molecule has 4 aromatic rings. The van der Waals surface area contributed by atoms with E-state index in [9.17, 15) is 4.79 Å². The van der Waals surface area contributed by atoms with Crippen molar-refractivity contribution in [2.24, 2.45) is 0 Å². The van der Waals surface area contributed by atoms with Crippen LogP contribution in [0, 0.1) is 13.8 Å². The van der Waals surface area contributed by atoms with Crippen molar-refractivity contribution in [2.45, 2.75) is 73.0 Å². The van der Waals surface area contributed by atoms with Crippen molar-refractivity contribution in [1.29, 1.82) is 0 Å². The number of hydrogen-bond donors (Lipinski definition) is 1. The van der Waals surface area contributed by atoms with Crippen molar-refractivity contribution < 1.29 is 19.2 Å².